The summed E-state index contributed by atoms with van der Waals surface area (Å²) < 4.78 is -1.65. The number of nitrogens with one attached hydrogen (secondary N) is 1. The largest absolute Gasteiger partial charge is 0.389 e. The zero-order chi connectivity index (χ0) is 13.3. The Morgan fingerprint density at radius 3 is 2.41 bits per heavy atom. The molecular weight excluding hydrogens is 282 g/mol. The van der Waals surface area contributed by atoms with Crippen LogP contribution in [0.3, 0.4) is 0 Å². The molecule has 1 unspecified atom stereocenters. The molecule has 0 rings (SSSR count). The SMILES string of the molecule is CC/C=C\CC(CC)N=C(ONC)C(Cl)(Cl)Cl. The third-order valence-electron chi connectivity index (χ3n) is 2.02. The van der Waals surface area contributed by atoms with Crippen LogP contribution in [0.15, 0.2) is 17.1 Å². The van der Waals surface area contributed by atoms with Gasteiger partial charge in [-0.3, -0.25) is 0 Å². The molecule has 0 fully saturated rings. The summed E-state index contributed by atoms with van der Waals surface area (Å²) in [5.74, 6) is 0.0711. The highest BCUT2D eigenvalue weighted by Crippen LogP contribution is 2.29. The van der Waals surface area contributed by atoms with Gasteiger partial charge in [-0.05, 0) is 19.3 Å². The van der Waals surface area contributed by atoms with E-state index in [4.69, 9.17) is 39.6 Å². The van der Waals surface area contributed by atoms with Crippen molar-refractivity contribution in [2.24, 2.45) is 4.99 Å². The number of nitrogens with zero attached hydrogens (tertiary/aromatic N) is 1. The van der Waals surface area contributed by atoms with Gasteiger partial charge in [-0.15, -0.1) is 0 Å². The van der Waals surface area contributed by atoms with Crippen LogP contribution in [0.25, 0.3) is 0 Å². The van der Waals surface area contributed by atoms with E-state index in [9.17, 15) is 0 Å². The van der Waals surface area contributed by atoms with Crippen LogP contribution in [0, 0.1) is 0 Å². The molecule has 1 N–H and O–H groups in total. The fourth-order valence-corrected chi connectivity index (χ4v) is 1.41. The van der Waals surface area contributed by atoms with Crippen molar-refractivity contribution in [3.63, 3.8) is 0 Å². The molecule has 0 saturated carbocycles. The maximum absolute atomic E-state index is 5.76. The van der Waals surface area contributed by atoms with Crippen molar-refractivity contribution >= 4 is 40.7 Å². The molecule has 0 amide bonds. The lowest BCUT2D eigenvalue weighted by Gasteiger charge is -2.17. The summed E-state index contributed by atoms with van der Waals surface area (Å²) in [6.07, 6.45) is 6.83. The predicted octanol–water partition coefficient (Wildman–Crippen LogP) is 4.04. The van der Waals surface area contributed by atoms with E-state index in [1.54, 1.807) is 7.05 Å². The van der Waals surface area contributed by atoms with Crippen LogP contribution in [0.1, 0.15) is 33.1 Å². The normalized spacial score (nSPS) is 15.3. The van der Waals surface area contributed by atoms with Gasteiger partial charge in [-0.25, -0.2) is 4.99 Å². The van der Waals surface area contributed by atoms with Gasteiger partial charge in [0.05, 0.1) is 6.04 Å². The van der Waals surface area contributed by atoms with Gasteiger partial charge >= 0.3 is 0 Å². The molecule has 0 aliphatic heterocycles. The van der Waals surface area contributed by atoms with Crippen LogP contribution in [0.4, 0.5) is 0 Å². The second-order valence-electron chi connectivity index (χ2n) is 3.42. The Labute approximate surface area is 118 Å². The summed E-state index contributed by atoms with van der Waals surface area (Å²) in [4.78, 5) is 9.34. The van der Waals surface area contributed by atoms with E-state index in [-0.39, 0.29) is 11.9 Å². The Hall–Kier alpha value is 0.0400. The first-order chi connectivity index (χ1) is 7.95. The minimum atomic E-state index is -1.65. The van der Waals surface area contributed by atoms with Gasteiger partial charge in [0.25, 0.3) is 9.69 Å². The molecule has 17 heavy (non-hydrogen) atoms. The van der Waals surface area contributed by atoms with Gasteiger partial charge in [0.2, 0.25) is 0 Å². The molecule has 0 aromatic rings. The van der Waals surface area contributed by atoms with Crippen LogP contribution < -0.4 is 5.48 Å². The minimum absolute atomic E-state index is 0.0526. The molecule has 0 aliphatic rings. The molecular formula is C11H19Cl3N2O. The van der Waals surface area contributed by atoms with Gasteiger partial charge in [-0.2, -0.15) is 5.48 Å². The highest BCUT2D eigenvalue weighted by Gasteiger charge is 2.31. The van der Waals surface area contributed by atoms with Crippen molar-refractivity contribution in [2.75, 3.05) is 7.05 Å². The Morgan fingerprint density at radius 1 is 1.35 bits per heavy atom. The number of alkyl halides is 3. The fraction of sp³-hybridized carbons (Fsp3) is 0.727. The zero-order valence-corrected chi connectivity index (χ0v) is 12.6. The number of hydroxylamine groups is 1. The van der Waals surface area contributed by atoms with Crippen LogP contribution in [0.5, 0.6) is 0 Å². The van der Waals surface area contributed by atoms with Gasteiger partial charge in [0.15, 0.2) is 0 Å². The molecule has 1 atom stereocenters. The highest BCUT2D eigenvalue weighted by atomic mass is 35.6. The maximum atomic E-state index is 5.76. The molecule has 100 valence electrons. The summed E-state index contributed by atoms with van der Waals surface area (Å²) in [6.45, 7) is 4.11. The predicted molar refractivity (Wildman–Crippen MR) is 76.0 cm³/mol. The summed E-state index contributed by atoms with van der Waals surface area (Å²) in [5.41, 5.74) is 2.47. The first kappa shape index (κ1) is 17.0. The van der Waals surface area contributed by atoms with Gasteiger partial charge < -0.3 is 4.84 Å². The van der Waals surface area contributed by atoms with E-state index in [1.807, 2.05) is 6.92 Å². The summed E-state index contributed by atoms with van der Waals surface area (Å²) in [5, 5.41) is 0. The maximum Gasteiger partial charge on any atom is 0.268 e. The molecule has 0 radical (unpaired) electrons. The smallest absolute Gasteiger partial charge is 0.268 e. The second-order valence-corrected chi connectivity index (χ2v) is 5.70. The third-order valence-corrected chi connectivity index (χ3v) is 2.51. The van der Waals surface area contributed by atoms with Crippen LogP contribution >= 0.6 is 34.8 Å². The molecule has 0 aromatic carbocycles. The lowest BCUT2D eigenvalue weighted by atomic mass is 10.1. The van der Waals surface area contributed by atoms with E-state index in [0.29, 0.717) is 0 Å². The van der Waals surface area contributed by atoms with Crippen molar-refractivity contribution in [3.8, 4) is 0 Å². The second kappa shape index (κ2) is 9.03. The first-order valence-electron chi connectivity index (χ1n) is 5.59. The van der Waals surface area contributed by atoms with E-state index in [2.05, 4.69) is 29.5 Å². The number of hydrogen-bond donors (Lipinski definition) is 1. The average molecular weight is 302 g/mol. The van der Waals surface area contributed by atoms with Crippen molar-refractivity contribution in [1.82, 2.24) is 5.48 Å². The van der Waals surface area contributed by atoms with Crippen LogP contribution in [0.2, 0.25) is 0 Å². The highest BCUT2D eigenvalue weighted by molar-refractivity contribution is 6.76. The standard InChI is InChI=1S/C11H19Cl3N2O/c1-4-6-7-8-9(5-2)16-10(17-15-3)11(12,13)14/h6-7,9,15H,4-5,8H2,1-3H3/b7-6-,16-10?. The monoisotopic (exact) mass is 300 g/mol. The van der Waals surface area contributed by atoms with Crippen LogP contribution in [-0.4, -0.2) is 22.8 Å². The molecule has 0 spiro atoms. The Bertz CT molecular complexity index is 262. The number of aliphatic imine (C=N–C) groups is 1. The Balaban J connectivity index is 4.68. The number of halogens is 3. The molecule has 0 bridgehead atoms. The topological polar surface area (TPSA) is 33.6 Å². The quantitative estimate of drug-likeness (QED) is 0.264. The van der Waals surface area contributed by atoms with Gasteiger partial charge in [-0.1, -0.05) is 60.8 Å². The van der Waals surface area contributed by atoms with Crippen molar-refractivity contribution < 1.29 is 4.84 Å². The summed E-state index contributed by atoms with van der Waals surface area (Å²) >= 11 is 17.3. The molecule has 0 saturated heterocycles. The van der Waals surface area contributed by atoms with E-state index in [1.165, 1.54) is 0 Å². The lowest BCUT2D eigenvalue weighted by molar-refractivity contribution is 0.202. The number of hydrogen-bond acceptors (Lipinski definition) is 3. The molecule has 0 heterocycles. The van der Waals surface area contributed by atoms with Crippen molar-refractivity contribution in [2.45, 2.75) is 42.9 Å². The Morgan fingerprint density at radius 2 is 2.00 bits per heavy atom. The van der Waals surface area contributed by atoms with E-state index >= 15 is 0 Å². The molecule has 0 aliphatic carbocycles. The van der Waals surface area contributed by atoms with Crippen LogP contribution in [-0.2, 0) is 4.84 Å². The first-order valence-corrected chi connectivity index (χ1v) is 6.72. The minimum Gasteiger partial charge on any atom is -0.389 e. The fourth-order valence-electron chi connectivity index (χ4n) is 1.15. The molecule has 3 nitrogen and oxygen atoms in total. The van der Waals surface area contributed by atoms with Gasteiger partial charge in [0, 0.05) is 7.05 Å². The van der Waals surface area contributed by atoms with E-state index < -0.39 is 3.79 Å². The van der Waals surface area contributed by atoms with Crippen molar-refractivity contribution in [1.29, 1.82) is 0 Å². The Kier molecular flexibility index (Phi) is 9.06. The van der Waals surface area contributed by atoms with E-state index in [0.717, 1.165) is 19.3 Å². The number of allylic oxidation sites excluding steroid dienone is 1. The molecule has 0 aromatic heterocycles. The zero-order valence-electron chi connectivity index (χ0n) is 10.3. The third kappa shape index (κ3) is 7.87. The lowest BCUT2D eigenvalue weighted by Crippen LogP contribution is -2.29. The summed E-state index contributed by atoms with van der Waals surface area (Å²) in [7, 11) is 1.59. The average Bonchev–Trinajstić information content (AvgIpc) is 2.25. The summed E-state index contributed by atoms with van der Waals surface area (Å²) in [6, 6.07) is 0.0526. The number of rotatable bonds is 6. The molecule has 6 heteroatoms. The van der Waals surface area contributed by atoms with Gasteiger partial charge in [0.1, 0.15) is 0 Å². The van der Waals surface area contributed by atoms with Crippen molar-refractivity contribution in [3.05, 3.63) is 12.2 Å².